The van der Waals surface area contributed by atoms with Crippen molar-refractivity contribution in [3.63, 3.8) is 0 Å². The number of para-hydroxylation sites is 4. The van der Waals surface area contributed by atoms with Crippen LogP contribution in [0.2, 0.25) is 0 Å². The largest absolute Gasteiger partial charge is 0.453 e. The molecular formula is C38H34N6O2. The summed E-state index contributed by atoms with van der Waals surface area (Å²) in [6, 6.07) is 26.6. The summed E-state index contributed by atoms with van der Waals surface area (Å²) in [7, 11) is 0. The lowest BCUT2D eigenvalue weighted by atomic mass is 9.95. The fourth-order valence-corrected chi connectivity index (χ4v) is 6.53. The highest BCUT2D eigenvalue weighted by Gasteiger charge is 2.37. The Kier molecular flexibility index (Phi) is 7.10. The van der Waals surface area contributed by atoms with Gasteiger partial charge in [-0.2, -0.15) is 0 Å². The zero-order valence-electron chi connectivity index (χ0n) is 25.9. The van der Waals surface area contributed by atoms with E-state index in [9.17, 15) is 0 Å². The van der Waals surface area contributed by atoms with Crippen molar-refractivity contribution >= 4 is 34.7 Å². The summed E-state index contributed by atoms with van der Waals surface area (Å²) in [5.41, 5.74) is 7.61. The first-order valence-corrected chi connectivity index (χ1v) is 15.9. The number of allylic oxidation sites excluding steroid dienone is 1. The van der Waals surface area contributed by atoms with Crippen LogP contribution in [0.15, 0.2) is 109 Å². The van der Waals surface area contributed by atoms with E-state index in [1.807, 2.05) is 54.8 Å². The Morgan fingerprint density at radius 2 is 1.52 bits per heavy atom. The van der Waals surface area contributed by atoms with Crippen LogP contribution in [0, 0.1) is 0 Å². The van der Waals surface area contributed by atoms with Gasteiger partial charge in [-0.05, 0) is 73.0 Å². The average Bonchev–Trinajstić information content (AvgIpc) is 3.10. The normalized spacial score (nSPS) is 15.6. The maximum Gasteiger partial charge on any atom is 0.161 e. The summed E-state index contributed by atoms with van der Waals surface area (Å²) in [4.78, 5) is 19.2. The van der Waals surface area contributed by atoms with Crippen molar-refractivity contribution in [2.75, 3.05) is 16.8 Å². The van der Waals surface area contributed by atoms with Gasteiger partial charge in [0.05, 0.1) is 28.4 Å². The van der Waals surface area contributed by atoms with Crippen molar-refractivity contribution in [2.45, 2.75) is 39.3 Å². The van der Waals surface area contributed by atoms with Gasteiger partial charge >= 0.3 is 0 Å². The lowest BCUT2D eigenvalue weighted by molar-refractivity contribution is 0.286. The molecule has 0 saturated heterocycles. The molecule has 4 heterocycles. The van der Waals surface area contributed by atoms with E-state index in [-0.39, 0.29) is 6.17 Å². The minimum Gasteiger partial charge on any atom is -0.453 e. The molecule has 5 aromatic rings. The number of fused-ring (bicyclic) bond motifs is 4. The zero-order chi connectivity index (χ0) is 31.0. The number of nitrogens with zero attached hydrogens (tertiary/aromatic N) is 5. The molecule has 0 bridgehead atoms. The van der Waals surface area contributed by atoms with Gasteiger partial charge in [0.25, 0.3) is 0 Å². The smallest absolute Gasteiger partial charge is 0.161 e. The van der Waals surface area contributed by atoms with Crippen LogP contribution in [0.5, 0.6) is 23.0 Å². The molecule has 3 aliphatic rings. The number of hydrogen-bond acceptors (Lipinski definition) is 8. The molecule has 0 fully saturated rings. The minimum absolute atomic E-state index is 0.351. The highest BCUT2D eigenvalue weighted by molar-refractivity contribution is 5.98. The van der Waals surface area contributed by atoms with Gasteiger partial charge in [-0.3, -0.25) is 4.99 Å². The van der Waals surface area contributed by atoms with Gasteiger partial charge in [0.15, 0.2) is 35.0 Å². The number of aliphatic imine (C=N–C) groups is 1. The predicted molar refractivity (Wildman–Crippen MR) is 183 cm³/mol. The molecule has 8 rings (SSSR count). The standard InChI is InChI=1S/C38H34N6O2/c1-3-11-25-16-17-30-27(23-25)42-35-33(45-30)24-26(37-39-18-9-19-40-37)36(34(35)38-41-20-10-22-43(38)21-4-2)44-28-12-5-7-14-31(28)46-32-15-8-6-13-29(32)44/h5-10,12-20,22-24,38,42H,3-4,11,21H2,1-2H3. The van der Waals surface area contributed by atoms with Gasteiger partial charge in [0, 0.05) is 42.5 Å². The van der Waals surface area contributed by atoms with Crippen LogP contribution in [-0.4, -0.2) is 27.6 Å². The van der Waals surface area contributed by atoms with E-state index in [4.69, 9.17) is 24.4 Å². The first-order chi connectivity index (χ1) is 22.7. The molecule has 1 atom stereocenters. The highest BCUT2D eigenvalue weighted by atomic mass is 16.5. The van der Waals surface area contributed by atoms with E-state index < -0.39 is 0 Å². The van der Waals surface area contributed by atoms with E-state index in [2.05, 4.69) is 71.6 Å². The molecule has 228 valence electrons. The topological polar surface area (TPSA) is 75.1 Å². The van der Waals surface area contributed by atoms with Gasteiger partial charge in [-0.15, -0.1) is 0 Å². The SMILES string of the molecule is CCCc1ccc2c(c1)Nc1c(cc(-c3ncccn3)c(N3c4ccccc4Oc4ccccc43)c1C1N=CC=CN1CCC)O2. The van der Waals surface area contributed by atoms with Gasteiger partial charge < -0.3 is 24.6 Å². The van der Waals surface area contributed by atoms with Gasteiger partial charge in [0.1, 0.15) is 0 Å². The number of benzene rings is 4. The predicted octanol–water partition coefficient (Wildman–Crippen LogP) is 9.83. The molecular weight excluding hydrogens is 572 g/mol. The van der Waals surface area contributed by atoms with Crippen molar-refractivity contribution in [1.82, 2.24) is 14.9 Å². The molecule has 8 heteroatoms. The number of hydrogen-bond donors (Lipinski definition) is 1. The molecule has 1 N–H and O–H groups in total. The second-order valence-corrected chi connectivity index (χ2v) is 11.6. The average molecular weight is 607 g/mol. The first-order valence-electron chi connectivity index (χ1n) is 15.9. The Labute approximate surface area is 268 Å². The molecule has 1 unspecified atom stereocenters. The lowest BCUT2D eigenvalue weighted by Gasteiger charge is -2.40. The monoisotopic (exact) mass is 606 g/mol. The van der Waals surface area contributed by atoms with E-state index in [0.717, 1.165) is 82.6 Å². The Morgan fingerprint density at radius 1 is 0.783 bits per heavy atom. The number of rotatable bonds is 7. The first kappa shape index (κ1) is 27.9. The van der Waals surface area contributed by atoms with Crippen LogP contribution in [-0.2, 0) is 6.42 Å². The minimum atomic E-state index is -0.351. The maximum absolute atomic E-state index is 6.73. The second kappa shape index (κ2) is 11.7. The van der Waals surface area contributed by atoms with Crippen LogP contribution in [0.3, 0.4) is 0 Å². The van der Waals surface area contributed by atoms with Crippen LogP contribution in [0.1, 0.15) is 44.0 Å². The molecule has 4 aromatic carbocycles. The van der Waals surface area contributed by atoms with Gasteiger partial charge in [0.2, 0.25) is 0 Å². The van der Waals surface area contributed by atoms with E-state index in [0.29, 0.717) is 11.6 Å². The number of aromatic nitrogens is 2. The molecule has 0 amide bonds. The molecule has 0 saturated carbocycles. The zero-order valence-corrected chi connectivity index (χ0v) is 25.9. The molecule has 0 spiro atoms. The van der Waals surface area contributed by atoms with Crippen molar-refractivity contribution < 1.29 is 9.47 Å². The van der Waals surface area contributed by atoms with Crippen LogP contribution in [0.4, 0.5) is 28.4 Å². The van der Waals surface area contributed by atoms with Gasteiger partial charge in [-0.25, -0.2) is 9.97 Å². The van der Waals surface area contributed by atoms with E-state index in [1.54, 1.807) is 12.4 Å². The van der Waals surface area contributed by atoms with Crippen molar-refractivity contribution in [1.29, 1.82) is 0 Å². The van der Waals surface area contributed by atoms with E-state index >= 15 is 0 Å². The summed E-state index contributed by atoms with van der Waals surface area (Å²) in [6.07, 6.45) is 12.2. The number of ether oxygens (including phenoxy) is 2. The molecule has 3 aliphatic heterocycles. The molecule has 1 aromatic heterocycles. The Morgan fingerprint density at radius 3 is 2.26 bits per heavy atom. The third kappa shape index (κ3) is 4.74. The Bertz CT molecular complexity index is 1940. The van der Waals surface area contributed by atoms with Gasteiger partial charge in [-0.1, -0.05) is 50.6 Å². The van der Waals surface area contributed by atoms with Crippen LogP contribution < -0.4 is 19.7 Å². The Balaban J connectivity index is 1.46. The quantitative estimate of drug-likeness (QED) is 0.194. The fraction of sp³-hybridized carbons (Fsp3) is 0.184. The number of nitrogens with one attached hydrogen (secondary N) is 1. The third-order valence-corrected chi connectivity index (χ3v) is 8.47. The Hall–Kier alpha value is -5.63. The van der Waals surface area contributed by atoms with Crippen molar-refractivity contribution in [2.24, 2.45) is 4.99 Å². The van der Waals surface area contributed by atoms with Crippen molar-refractivity contribution in [3.05, 3.63) is 115 Å². The molecule has 8 nitrogen and oxygen atoms in total. The van der Waals surface area contributed by atoms with Crippen molar-refractivity contribution in [3.8, 4) is 34.4 Å². The summed E-state index contributed by atoms with van der Waals surface area (Å²) in [5.74, 6) is 3.61. The number of anilines is 5. The van der Waals surface area contributed by atoms with E-state index in [1.165, 1.54) is 5.56 Å². The summed E-state index contributed by atoms with van der Waals surface area (Å²) < 4.78 is 13.2. The third-order valence-electron chi connectivity index (χ3n) is 8.47. The van der Waals surface area contributed by atoms with Crippen LogP contribution in [0.25, 0.3) is 11.4 Å². The lowest BCUT2D eigenvalue weighted by Crippen LogP contribution is -2.29. The van der Waals surface area contributed by atoms with Crippen LogP contribution >= 0.6 is 0 Å². The molecule has 0 aliphatic carbocycles. The number of aryl methyl sites for hydroxylation is 1. The fourth-order valence-electron chi connectivity index (χ4n) is 6.53. The molecule has 0 radical (unpaired) electrons. The molecule has 46 heavy (non-hydrogen) atoms. The second-order valence-electron chi connectivity index (χ2n) is 11.6. The maximum atomic E-state index is 6.73. The highest BCUT2D eigenvalue weighted by Crippen LogP contribution is 2.59. The summed E-state index contributed by atoms with van der Waals surface area (Å²) in [6.45, 7) is 5.22. The summed E-state index contributed by atoms with van der Waals surface area (Å²) in [5, 5.41) is 3.83. The summed E-state index contributed by atoms with van der Waals surface area (Å²) >= 11 is 0.